The fourth-order valence-corrected chi connectivity index (χ4v) is 4.53. The van der Waals surface area contributed by atoms with E-state index >= 15 is 0 Å². The van der Waals surface area contributed by atoms with Gasteiger partial charge in [0.25, 0.3) is 0 Å². The Morgan fingerprint density at radius 2 is 2.07 bits per heavy atom. The molecule has 1 aliphatic carbocycles. The van der Waals surface area contributed by atoms with Gasteiger partial charge in [-0.05, 0) is 82.8 Å². The lowest BCUT2D eigenvalue weighted by molar-refractivity contribution is -0.128. The molecular weight excluding hydrogens is 364 g/mol. The summed E-state index contributed by atoms with van der Waals surface area (Å²) in [4.78, 5) is 19.4. The van der Waals surface area contributed by atoms with Gasteiger partial charge in [-0.2, -0.15) is 0 Å². The molecule has 2 heterocycles. The van der Waals surface area contributed by atoms with Gasteiger partial charge in [-0.15, -0.1) is 0 Å². The minimum Gasteiger partial charge on any atom is -0.377 e. The zero-order valence-electron chi connectivity index (χ0n) is 18.3. The van der Waals surface area contributed by atoms with Crippen molar-refractivity contribution in [2.75, 3.05) is 26.7 Å². The highest BCUT2D eigenvalue weighted by atomic mass is 16.5. The number of rotatable bonds is 8. The fourth-order valence-electron chi connectivity index (χ4n) is 4.53. The Kier molecular flexibility index (Phi) is 8.45. The van der Waals surface area contributed by atoms with Crippen LogP contribution in [0.15, 0.2) is 18.5 Å². The van der Waals surface area contributed by atoms with Crippen LogP contribution in [-0.2, 0) is 16.1 Å². The monoisotopic (exact) mass is 402 g/mol. The van der Waals surface area contributed by atoms with E-state index in [-0.39, 0.29) is 24.0 Å². The third kappa shape index (κ3) is 6.49. The summed E-state index contributed by atoms with van der Waals surface area (Å²) in [6.07, 6.45) is 9.95. The molecule has 2 N–H and O–H groups in total. The largest absolute Gasteiger partial charge is 0.377 e. The number of hydrogen-bond donors (Lipinski definition) is 2. The maximum atomic E-state index is 12.9. The van der Waals surface area contributed by atoms with Crippen LogP contribution in [0.1, 0.15) is 56.6 Å². The van der Waals surface area contributed by atoms with Gasteiger partial charge in [0.05, 0.1) is 6.10 Å². The number of likely N-dealkylation sites (tertiary alicyclic amines) is 1. The molecule has 3 atom stereocenters. The summed E-state index contributed by atoms with van der Waals surface area (Å²) in [7, 11) is 2.19. The standard InChI is InChI=1S/C23H38N4O2/c1-4-13-29-22-6-5-18(14-21(22)26-20-8-11-27(3)12-9-20)23(28)25-16-19-7-10-24-15-17(19)2/h7,10,15,18,20-22,26H,4-6,8-9,11-14,16H2,1-3H3,(H,25,28)/t18-,21+,22+/m0/s1. The molecule has 0 bridgehead atoms. The predicted molar refractivity (Wildman–Crippen MR) is 116 cm³/mol. The van der Waals surface area contributed by atoms with E-state index in [4.69, 9.17) is 4.74 Å². The Morgan fingerprint density at radius 1 is 1.28 bits per heavy atom. The second-order valence-electron chi connectivity index (χ2n) is 8.79. The number of nitrogens with zero attached hydrogens (tertiary/aromatic N) is 2. The van der Waals surface area contributed by atoms with Crippen molar-refractivity contribution in [1.82, 2.24) is 20.5 Å². The van der Waals surface area contributed by atoms with Gasteiger partial charge in [0.15, 0.2) is 0 Å². The second kappa shape index (κ2) is 11.0. The van der Waals surface area contributed by atoms with Crippen molar-refractivity contribution in [2.45, 2.75) is 77.1 Å². The SMILES string of the molecule is CCCO[C@@H]1CC[C@H](C(=O)NCc2ccncc2C)C[C@H]1NC1CCN(C)CC1. The van der Waals surface area contributed by atoms with Crippen molar-refractivity contribution < 1.29 is 9.53 Å². The van der Waals surface area contributed by atoms with E-state index in [1.807, 2.05) is 19.2 Å². The average molecular weight is 403 g/mol. The number of pyridine rings is 1. The lowest BCUT2D eigenvalue weighted by Gasteiger charge is -2.40. The first-order valence-electron chi connectivity index (χ1n) is 11.3. The normalized spacial score (nSPS) is 26.4. The maximum Gasteiger partial charge on any atom is 0.223 e. The summed E-state index contributed by atoms with van der Waals surface area (Å²) in [6.45, 7) is 7.84. The van der Waals surface area contributed by atoms with Gasteiger partial charge < -0.3 is 20.3 Å². The Balaban J connectivity index is 1.55. The number of carbonyl (C=O) groups excluding carboxylic acids is 1. The zero-order valence-corrected chi connectivity index (χ0v) is 18.3. The van der Waals surface area contributed by atoms with Crippen LogP contribution in [-0.4, -0.2) is 60.7 Å². The molecule has 1 aromatic heterocycles. The summed E-state index contributed by atoms with van der Waals surface area (Å²) in [5, 5.41) is 7.02. The highest BCUT2D eigenvalue weighted by molar-refractivity contribution is 5.78. The van der Waals surface area contributed by atoms with Crippen molar-refractivity contribution in [3.8, 4) is 0 Å². The molecule has 0 radical (unpaired) electrons. The smallest absolute Gasteiger partial charge is 0.223 e. The fraction of sp³-hybridized carbons (Fsp3) is 0.739. The number of amides is 1. The summed E-state index contributed by atoms with van der Waals surface area (Å²) in [5.41, 5.74) is 2.25. The van der Waals surface area contributed by atoms with Crippen LogP contribution in [0.3, 0.4) is 0 Å². The molecule has 1 aromatic rings. The van der Waals surface area contributed by atoms with Crippen LogP contribution < -0.4 is 10.6 Å². The van der Waals surface area contributed by atoms with Crippen LogP contribution in [0.4, 0.5) is 0 Å². The Hall–Kier alpha value is -1.50. The molecule has 0 aromatic carbocycles. The Bertz CT molecular complexity index is 646. The van der Waals surface area contributed by atoms with Gasteiger partial charge >= 0.3 is 0 Å². The van der Waals surface area contributed by atoms with Crippen LogP contribution >= 0.6 is 0 Å². The van der Waals surface area contributed by atoms with Crippen LogP contribution in [0.25, 0.3) is 0 Å². The highest BCUT2D eigenvalue weighted by Gasteiger charge is 2.35. The third-order valence-electron chi connectivity index (χ3n) is 6.45. The molecule has 3 rings (SSSR count). The van der Waals surface area contributed by atoms with E-state index in [0.29, 0.717) is 12.6 Å². The van der Waals surface area contributed by atoms with Crippen molar-refractivity contribution in [3.05, 3.63) is 29.6 Å². The van der Waals surface area contributed by atoms with Crippen molar-refractivity contribution in [1.29, 1.82) is 0 Å². The van der Waals surface area contributed by atoms with E-state index in [0.717, 1.165) is 56.5 Å². The molecule has 2 fully saturated rings. The van der Waals surface area contributed by atoms with E-state index in [1.165, 1.54) is 12.8 Å². The predicted octanol–water partition coefficient (Wildman–Crippen LogP) is 2.65. The molecule has 1 saturated carbocycles. The first kappa shape index (κ1) is 22.2. The zero-order chi connectivity index (χ0) is 20.6. The molecule has 6 nitrogen and oxygen atoms in total. The van der Waals surface area contributed by atoms with Crippen LogP contribution in [0.5, 0.6) is 0 Å². The number of nitrogens with one attached hydrogen (secondary N) is 2. The lowest BCUT2D eigenvalue weighted by Crippen LogP contribution is -2.53. The number of hydrogen-bond acceptors (Lipinski definition) is 5. The maximum absolute atomic E-state index is 12.9. The van der Waals surface area contributed by atoms with Gasteiger partial charge in [0.1, 0.15) is 0 Å². The lowest BCUT2D eigenvalue weighted by atomic mass is 9.82. The van der Waals surface area contributed by atoms with Gasteiger partial charge in [-0.25, -0.2) is 0 Å². The number of ether oxygens (including phenoxy) is 1. The Labute approximate surface area is 175 Å². The topological polar surface area (TPSA) is 66.5 Å². The van der Waals surface area contributed by atoms with E-state index in [1.54, 1.807) is 6.20 Å². The first-order chi connectivity index (χ1) is 14.1. The molecule has 0 spiro atoms. The molecule has 1 saturated heterocycles. The van der Waals surface area contributed by atoms with E-state index < -0.39 is 0 Å². The van der Waals surface area contributed by atoms with Crippen LogP contribution in [0.2, 0.25) is 0 Å². The molecule has 1 aliphatic heterocycles. The van der Waals surface area contributed by atoms with Gasteiger partial charge in [0, 0.05) is 43.5 Å². The minimum atomic E-state index is 0.0578. The summed E-state index contributed by atoms with van der Waals surface area (Å²) >= 11 is 0. The van der Waals surface area contributed by atoms with E-state index in [9.17, 15) is 4.79 Å². The van der Waals surface area contributed by atoms with Crippen molar-refractivity contribution in [3.63, 3.8) is 0 Å². The number of aromatic nitrogens is 1. The molecule has 162 valence electrons. The number of aryl methyl sites for hydroxylation is 1. The second-order valence-corrected chi connectivity index (χ2v) is 8.79. The molecular formula is C23H38N4O2. The molecule has 0 unspecified atom stereocenters. The number of piperidine rings is 1. The quantitative estimate of drug-likeness (QED) is 0.700. The minimum absolute atomic E-state index is 0.0578. The molecule has 29 heavy (non-hydrogen) atoms. The molecule has 6 heteroatoms. The Morgan fingerprint density at radius 3 is 2.79 bits per heavy atom. The van der Waals surface area contributed by atoms with Crippen LogP contribution in [0, 0.1) is 12.8 Å². The van der Waals surface area contributed by atoms with E-state index in [2.05, 4.69) is 34.5 Å². The molecule has 1 amide bonds. The summed E-state index contributed by atoms with van der Waals surface area (Å²) in [5.74, 6) is 0.229. The average Bonchev–Trinajstić information content (AvgIpc) is 2.73. The highest BCUT2D eigenvalue weighted by Crippen LogP contribution is 2.28. The first-order valence-corrected chi connectivity index (χ1v) is 11.3. The van der Waals surface area contributed by atoms with Gasteiger partial charge in [0.2, 0.25) is 5.91 Å². The van der Waals surface area contributed by atoms with Gasteiger partial charge in [-0.3, -0.25) is 9.78 Å². The van der Waals surface area contributed by atoms with Gasteiger partial charge in [-0.1, -0.05) is 6.92 Å². The number of carbonyl (C=O) groups is 1. The summed E-state index contributed by atoms with van der Waals surface area (Å²) in [6, 6.07) is 2.78. The van der Waals surface area contributed by atoms with Crippen molar-refractivity contribution in [2.24, 2.45) is 5.92 Å². The van der Waals surface area contributed by atoms with Crippen molar-refractivity contribution >= 4 is 5.91 Å². The molecule has 2 aliphatic rings. The summed E-state index contributed by atoms with van der Waals surface area (Å²) < 4.78 is 6.17. The third-order valence-corrected chi connectivity index (χ3v) is 6.45.